The molecule has 188 valence electrons. The van der Waals surface area contributed by atoms with Crippen molar-refractivity contribution in [1.29, 1.82) is 0 Å². The quantitative estimate of drug-likeness (QED) is 0.393. The zero-order valence-electron chi connectivity index (χ0n) is 20.4. The summed E-state index contributed by atoms with van der Waals surface area (Å²) in [7, 11) is 0. The minimum absolute atomic E-state index is 0.331. The molecule has 0 aromatic heterocycles. The van der Waals surface area contributed by atoms with Gasteiger partial charge in [-0.15, -0.1) is 0 Å². The second-order valence-corrected chi connectivity index (χ2v) is 10.4. The molecule has 0 spiro atoms. The van der Waals surface area contributed by atoms with Crippen molar-refractivity contribution in [3.8, 4) is 0 Å². The maximum atomic E-state index is 12.9. The lowest BCUT2D eigenvalue weighted by molar-refractivity contribution is -0.132. The number of nitrogens with one attached hydrogen (secondary N) is 2. The fraction of sp³-hybridized carbons (Fsp3) is 0.517. The second-order valence-electron chi connectivity index (χ2n) is 10.4. The number of amides is 2. The molecule has 2 fully saturated rings. The van der Waals surface area contributed by atoms with Gasteiger partial charge in [0.05, 0.1) is 23.3 Å². The molecule has 0 radical (unpaired) electrons. The van der Waals surface area contributed by atoms with Gasteiger partial charge in [-0.2, -0.15) is 0 Å². The highest BCUT2D eigenvalue weighted by Crippen LogP contribution is 2.35. The third-order valence-electron chi connectivity index (χ3n) is 7.79. The molecule has 2 aromatic carbocycles. The van der Waals surface area contributed by atoms with Crippen LogP contribution in [-0.4, -0.2) is 45.3 Å². The lowest BCUT2D eigenvalue weighted by Gasteiger charge is -2.34. The van der Waals surface area contributed by atoms with E-state index in [1.54, 1.807) is 0 Å². The summed E-state index contributed by atoms with van der Waals surface area (Å²) in [5.41, 5.74) is 0.149. The Kier molecular flexibility index (Phi) is 8.24. The van der Waals surface area contributed by atoms with E-state index in [1.807, 2.05) is 60.7 Å². The first-order chi connectivity index (χ1) is 16.9. The van der Waals surface area contributed by atoms with Gasteiger partial charge in [-0.25, -0.2) is 0 Å². The van der Waals surface area contributed by atoms with Crippen molar-refractivity contribution in [1.82, 2.24) is 10.6 Å². The van der Waals surface area contributed by atoms with E-state index in [0.717, 1.165) is 36.8 Å². The number of carbonyl (C=O) groups excluding carboxylic acids is 2. The average Bonchev–Trinajstić information content (AvgIpc) is 3.49. The Bertz CT molecular complexity index is 887. The summed E-state index contributed by atoms with van der Waals surface area (Å²) in [6, 6.07) is 18.7. The molecular weight excluding hydrogens is 440 g/mol. The van der Waals surface area contributed by atoms with Crippen LogP contribution in [0.5, 0.6) is 0 Å². The topological polar surface area (TPSA) is 98.7 Å². The third-order valence-corrected chi connectivity index (χ3v) is 7.79. The monoisotopic (exact) mass is 478 g/mol. The molecule has 2 saturated carbocycles. The predicted molar refractivity (Wildman–Crippen MR) is 136 cm³/mol. The number of rotatable bonds is 10. The Morgan fingerprint density at radius 3 is 1.34 bits per heavy atom. The van der Waals surface area contributed by atoms with Gasteiger partial charge in [0.1, 0.15) is 6.42 Å². The van der Waals surface area contributed by atoms with Crippen LogP contribution in [-0.2, 0) is 22.4 Å². The molecule has 6 nitrogen and oxygen atoms in total. The lowest BCUT2D eigenvalue weighted by Crippen LogP contribution is -2.55. The zero-order valence-corrected chi connectivity index (χ0v) is 20.4. The summed E-state index contributed by atoms with van der Waals surface area (Å²) < 4.78 is 0. The average molecular weight is 479 g/mol. The Balaban J connectivity index is 1.40. The summed E-state index contributed by atoms with van der Waals surface area (Å²) in [5.74, 6) is -0.804. The van der Waals surface area contributed by atoms with E-state index < -0.39 is 35.1 Å². The molecule has 2 aromatic rings. The number of aliphatic hydroxyl groups is 2. The molecule has 2 amide bonds. The number of hydrogen-bond acceptors (Lipinski definition) is 4. The Labute approximate surface area is 208 Å². The van der Waals surface area contributed by atoms with Crippen molar-refractivity contribution >= 4 is 11.8 Å². The van der Waals surface area contributed by atoms with E-state index in [2.05, 4.69) is 10.6 Å². The van der Waals surface area contributed by atoms with Crippen LogP contribution in [0.2, 0.25) is 0 Å². The second kappa shape index (κ2) is 11.4. The normalized spacial score (nSPS) is 20.2. The number of benzene rings is 2. The third kappa shape index (κ3) is 6.71. The molecule has 4 rings (SSSR count). The smallest absolute Gasteiger partial charge is 0.229 e. The van der Waals surface area contributed by atoms with Crippen molar-refractivity contribution in [2.45, 2.75) is 93.9 Å². The highest BCUT2D eigenvalue weighted by molar-refractivity contribution is 5.97. The van der Waals surface area contributed by atoms with Crippen LogP contribution in [0.1, 0.15) is 68.9 Å². The van der Waals surface area contributed by atoms with Gasteiger partial charge in [0.15, 0.2) is 0 Å². The molecule has 35 heavy (non-hydrogen) atoms. The molecule has 0 aliphatic heterocycles. The molecule has 2 aliphatic carbocycles. The van der Waals surface area contributed by atoms with E-state index in [9.17, 15) is 19.8 Å². The van der Waals surface area contributed by atoms with Crippen molar-refractivity contribution in [2.75, 3.05) is 0 Å². The van der Waals surface area contributed by atoms with E-state index in [1.165, 1.54) is 0 Å². The van der Waals surface area contributed by atoms with Crippen LogP contribution >= 0.6 is 0 Å². The van der Waals surface area contributed by atoms with Crippen LogP contribution in [0.25, 0.3) is 0 Å². The zero-order chi connectivity index (χ0) is 24.7. The van der Waals surface area contributed by atoms with E-state index in [4.69, 9.17) is 0 Å². The van der Waals surface area contributed by atoms with Gasteiger partial charge in [-0.3, -0.25) is 9.59 Å². The molecule has 0 bridgehead atoms. The molecule has 6 heteroatoms. The maximum Gasteiger partial charge on any atom is 0.229 e. The van der Waals surface area contributed by atoms with Crippen LogP contribution in [0.4, 0.5) is 0 Å². The largest absolute Gasteiger partial charge is 0.388 e. The summed E-state index contributed by atoms with van der Waals surface area (Å²) in [6.45, 7) is 0. The van der Waals surface area contributed by atoms with Gasteiger partial charge in [-0.1, -0.05) is 86.3 Å². The van der Waals surface area contributed by atoms with Crippen LogP contribution < -0.4 is 10.6 Å². The molecular formula is C29H38N2O4. The predicted octanol–water partition coefficient (Wildman–Crippen LogP) is 3.44. The Hall–Kier alpha value is -2.70. The molecule has 0 heterocycles. The fourth-order valence-corrected chi connectivity index (χ4v) is 5.76. The summed E-state index contributed by atoms with van der Waals surface area (Å²) in [6.07, 6.45) is 6.98. The Morgan fingerprint density at radius 2 is 1.00 bits per heavy atom. The Morgan fingerprint density at radius 1 is 0.657 bits per heavy atom. The summed E-state index contributed by atoms with van der Waals surface area (Å²) >= 11 is 0. The highest BCUT2D eigenvalue weighted by atomic mass is 16.3. The first kappa shape index (κ1) is 25.4. The first-order valence-corrected chi connectivity index (χ1v) is 13.0. The van der Waals surface area contributed by atoms with Gasteiger partial charge in [0, 0.05) is 0 Å². The van der Waals surface area contributed by atoms with Crippen molar-refractivity contribution in [2.24, 2.45) is 0 Å². The summed E-state index contributed by atoms with van der Waals surface area (Å²) in [5, 5.41) is 28.4. The molecule has 2 atom stereocenters. The SMILES string of the molecule is O=C(CC(=O)NC(Cc1ccccc1)C1(O)CCCC1)NC(Cc1ccccc1)C1(O)CCCC1. The standard InChI is InChI=1S/C29H38N2O4/c32-26(30-24(28(34)15-7-8-16-28)19-22-11-3-1-4-12-22)21-27(33)31-25(29(35)17-9-10-18-29)20-23-13-5-2-6-14-23/h1-6,11-14,24-25,34-35H,7-10,15-21H2,(H,30,32)(H,31,33). The minimum Gasteiger partial charge on any atom is -0.388 e. The minimum atomic E-state index is -0.961. The van der Waals surface area contributed by atoms with Crippen molar-refractivity contribution in [3.63, 3.8) is 0 Å². The van der Waals surface area contributed by atoms with Crippen LogP contribution in [0, 0.1) is 0 Å². The van der Waals surface area contributed by atoms with Crippen LogP contribution in [0.3, 0.4) is 0 Å². The van der Waals surface area contributed by atoms with Gasteiger partial charge >= 0.3 is 0 Å². The lowest BCUT2D eigenvalue weighted by atomic mass is 9.87. The van der Waals surface area contributed by atoms with Crippen LogP contribution in [0.15, 0.2) is 60.7 Å². The highest BCUT2D eigenvalue weighted by Gasteiger charge is 2.42. The first-order valence-electron chi connectivity index (χ1n) is 13.0. The van der Waals surface area contributed by atoms with Crippen molar-refractivity contribution < 1.29 is 19.8 Å². The van der Waals surface area contributed by atoms with Gasteiger partial charge < -0.3 is 20.8 Å². The molecule has 2 aliphatic rings. The molecule has 4 N–H and O–H groups in total. The summed E-state index contributed by atoms with van der Waals surface area (Å²) in [4.78, 5) is 25.9. The van der Waals surface area contributed by atoms with Gasteiger partial charge in [0.25, 0.3) is 0 Å². The molecule has 0 saturated heterocycles. The van der Waals surface area contributed by atoms with Gasteiger partial charge in [0.2, 0.25) is 11.8 Å². The van der Waals surface area contributed by atoms with E-state index in [0.29, 0.717) is 38.5 Å². The van der Waals surface area contributed by atoms with E-state index >= 15 is 0 Å². The number of carbonyl (C=O) groups is 2. The fourth-order valence-electron chi connectivity index (χ4n) is 5.76. The number of hydrogen-bond donors (Lipinski definition) is 4. The van der Waals surface area contributed by atoms with E-state index in [-0.39, 0.29) is 6.42 Å². The maximum absolute atomic E-state index is 12.9. The van der Waals surface area contributed by atoms with Crippen molar-refractivity contribution in [3.05, 3.63) is 71.8 Å². The molecule has 2 unspecified atom stereocenters. The van der Waals surface area contributed by atoms with Gasteiger partial charge in [-0.05, 0) is 49.7 Å².